The van der Waals surface area contributed by atoms with E-state index in [0.29, 0.717) is 60.6 Å². The van der Waals surface area contributed by atoms with Crippen LogP contribution in [0, 0.1) is 5.82 Å². The first-order chi connectivity index (χ1) is 16.0. The van der Waals surface area contributed by atoms with Gasteiger partial charge in [0.05, 0.1) is 24.5 Å². The quantitative estimate of drug-likeness (QED) is 0.471. The van der Waals surface area contributed by atoms with Crippen LogP contribution >= 0.6 is 11.6 Å². The van der Waals surface area contributed by atoms with Crippen LogP contribution in [0.25, 0.3) is 0 Å². The van der Waals surface area contributed by atoms with E-state index in [4.69, 9.17) is 21.1 Å². The van der Waals surface area contributed by atoms with Gasteiger partial charge in [0.1, 0.15) is 18.2 Å². The number of halogens is 2. The number of hydrogen-bond donors (Lipinski definition) is 2. The van der Waals surface area contributed by atoms with Gasteiger partial charge in [-0.25, -0.2) is 9.18 Å². The van der Waals surface area contributed by atoms with E-state index in [0.717, 1.165) is 5.56 Å². The Hall–Kier alpha value is -3.29. The highest BCUT2D eigenvalue weighted by Crippen LogP contribution is 2.28. The van der Waals surface area contributed by atoms with Gasteiger partial charge >= 0.3 is 5.97 Å². The lowest BCUT2D eigenvalue weighted by Crippen LogP contribution is -2.37. The zero-order chi connectivity index (χ0) is 23.2. The van der Waals surface area contributed by atoms with Crippen LogP contribution in [0.2, 0.25) is 5.02 Å². The van der Waals surface area contributed by atoms with Gasteiger partial charge < -0.3 is 24.8 Å². The zero-order valence-electron chi connectivity index (χ0n) is 17.9. The molecule has 0 bridgehead atoms. The normalized spacial score (nSPS) is 13.6. The van der Waals surface area contributed by atoms with E-state index >= 15 is 0 Å². The summed E-state index contributed by atoms with van der Waals surface area (Å²) in [4.78, 5) is 13.9. The van der Waals surface area contributed by atoms with Crippen molar-refractivity contribution >= 4 is 28.9 Å². The van der Waals surface area contributed by atoms with Crippen LogP contribution in [0.15, 0.2) is 60.7 Å². The summed E-state index contributed by atoms with van der Waals surface area (Å²) < 4.78 is 25.1. The molecule has 3 aromatic carbocycles. The molecule has 0 radical (unpaired) electrons. The van der Waals surface area contributed by atoms with Crippen molar-refractivity contribution in [2.75, 3.05) is 36.5 Å². The molecular formula is C25H24ClFN2O4. The summed E-state index contributed by atoms with van der Waals surface area (Å²) in [6.07, 6.45) is 0. The molecule has 0 unspecified atom stereocenters. The number of carboxylic acids is 1. The smallest absolute Gasteiger partial charge is 0.337 e. The van der Waals surface area contributed by atoms with Crippen LogP contribution in [0.1, 0.15) is 21.5 Å². The van der Waals surface area contributed by atoms with Gasteiger partial charge in [0.2, 0.25) is 0 Å². The Bertz CT molecular complexity index is 1140. The van der Waals surface area contributed by atoms with E-state index in [9.17, 15) is 14.3 Å². The van der Waals surface area contributed by atoms with Crippen molar-refractivity contribution in [3.05, 3.63) is 88.2 Å². The summed E-state index contributed by atoms with van der Waals surface area (Å²) in [5.74, 6) is -0.747. The molecule has 6 nitrogen and oxygen atoms in total. The summed E-state index contributed by atoms with van der Waals surface area (Å²) in [5.41, 5.74) is 2.78. The number of hydrogen-bond acceptors (Lipinski definition) is 5. The molecule has 0 spiro atoms. The van der Waals surface area contributed by atoms with Gasteiger partial charge in [-0.3, -0.25) is 0 Å². The number of nitrogens with one attached hydrogen (secondary N) is 1. The third kappa shape index (κ3) is 5.74. The number of ether oxygens (including phenoxy) is 2. The average molecular weight is 471 g/mol. The van der Waals surface area contributed by atoms with E-state index in [1.165, 1.54) is 6.07 Å². The second-order valence-corrected chi connectivity index (χ2v) is 8.06. The molecule has 1 aliphatic heterocycles. The standard InChI is InChI=1S/C25H24ClFN2O4/c26-19-5-8-24(33-16-17-3-1-2-4-22(17)27)18(13-19)15-28-20-6-7-23(21(14-20)25(30)31)29-9-11-32-12-10-29/h1-8,13-14,28H,9-12,15-16H2,(H,30,31). The minimum Gasteiger partial charge on any atom is -0.488 e. The van der Waals surface area contributed by atoms with Gasteiger partial charge in [-0.05, 0) is 42.5 Å². The Morgan fingerprint density at radius 1 is 1.09 bits per heavy atom. The van der Waals surface area contributed by atoms with Crippen molar-refractivity contribution in [3.63, 3.8) is 0 Å². The first-order valence-corrected chi connectivity index (χ1v) is 11.0. The molecule has 0 amide bonds. The second kappa shape index (κ2) is 10.6. The molecule has 8 heteroatoms. The maximum Gasteiger partial charge on any atom is 0.337 e. The summed E-state index contributed by atoms with van der Waals surface area (Å²) in [6, 6.07) is 17.0. The molecule has 172 valence electrons. The topological polar surface area (TPSA) is 71.0 Å². The number of morpholine rings is 1. The van der Waals surface area contributed by atoms with Crippen molar-refractivity contribution in [2.45, 2.75) is 13.2 Å². The molecule has 0 aliphatic carbocycles. The molecular weight excluding hydrogens is 447 g/mol. The van der Waals surface area contributed by atoms with Gasteiger partial charge in [0.15, 0.2) is 0 Å². The lowest BCUT2D eigenvalue weighted by atomic mass is 10.1. The Morgan fingerprint density at radius 2 is 1.88 bits per heavy atom. The molecule has 4 rings (SSSR count). The first-order valence-electron chi connectivity index (χ1n) is 10.6. The van der Waals surface area contributed by atoms with E-state index < -0.39 is 5.97 Å². The first kappa shape index (κ1) is 22.9. The second-order valence-electron chi connectivity index (χ2n) is 7.62. The largest absolute Gasteiger partial charge is 0.488 e. The van der Waals surface area contributed by atoms with E-state index in [-0.39, 0.29) is 18.0 Å². The Balaban J connectivity index is 1.49. The fourth-order valence-corrected chi connectivity index (χ4v) is 3.89. The van der Waals surface area contributed by atoms with Crippen molar-refractivity contribution in [2.24, 2.45) is 0 Å². The fourth-order valence-electron chi connectivity index (χ4n) is 3.69. The van der Waals surface area contributed by atoms with Crippen LogP contribution in [-0.2, 0) is 17.9 Å². The van der Waals surface area contributed by atoms with Crippen molar-refractivity contribution in [1.29, 1.82) is 0 Å². The minimum atomic E-state index is -0.989. The van der Waals surface area contributed by atoms with Crippen LogP contribution in [-0.4, -0.2) is 37.4 Å². The van der Waals surface area contributed by atoms with Crippen molar-refractivity contribution in [1.82, 2.24) is 0 Å². The van der Waals surface area contributed by atoms with Gasteiger partial charge in [0, 0.05) is 41.5 Å². The molecule has 1 heterocycles. The van der Waals surface area contributed by atoms with E-state index in [1.54, 1.807) is 42.5 Å². The van der Waals surface area contributed by atoms with Crippen molar-refractivity contribution in [3.8, 4) is 5.75 Å². The number of carbonyl (C=O) groups is 1. The Kier molecular flexibility index (Phi) is 7.32. The lowest BCUT2D eigenvalue weighted by molar-refractivity contribution is 0.0696. The van der Waals surface area contributed by atoms with Crippen LogP contribution < -0.4 is 15.0 Å². The number of benzene rings is 3. The summed E-state index contributed by atoms with van der Waals surface area (Å²) in [7, 11) is 0. The predicted molar refractivity (Wildman–Crippen MR) is 126 cm³/mol. The SMILES string of the molecule is O=C(O)c1cc(NCc2cc(Cl)ccc2OCc2ccccc2F)ccc1N1CCOCC1. The third-order valence-electron chi connectivity index (χ3n) is 5.43. The highest BCUT2D eigenvalue weighted by atomic mass is 35.5. The average Bonchev–Trinajstić information content (AvgIpc) is 2.83. The highest BCUT2D eigenvalue weighted by Gasteiger charge is 2.19. The third-order valence-corrected chi connectivity index (χ3v) is 5.66. The monoisotopic (exact) mass is 470 g/mol. The molecule has 3 aromatic rings. The molecule has 1 saturated heterocycles. The fraction of sp³-hybridized carbons (Fsp3) is 0.240. The maximum absolute atomic E-state index is 13.9. The molecule has 0 aromatic heterocycles. The number of aromatic carboxylic acids is 1. The van der Waals surface area contributed by atoms with E-state index in [2.05, 4.69) is 5.32 Å². The molecule has 2 N–H and O–H groups in total. The number of nitrogens with zero attached hydrogens (tertiary/aromatic N) is 1. The number of carboxylic acid groups (broad SMARTS) is 1. The summed E-state index contributed by atoms with van der Waals surface area (Å²) in [6.45, 7) is 2.88. The molecule has 0 saturated carbocycles. The Labute approximate surface area is 196 Å². The Morgan fingerprint density at radius 3 is 2.64 bits per heavy atom. The lowest BCUT2D eigenvalue weighted by Gasteiger charge is -2.30. The molecule has 1 fully saturated rings. The van der Waals surface area contributed by atoms with Gasteiger partial charge in [-0.1, -0.05) is 29.8 Å². The van der Waals surface area contributed by atoms with Gasteiger partial charge in [0.25, 0.3) is 0 Å². The van der Waals surface area contributed by atoms with E-state index in [1.807, 2.05) is 17.0 Å². The highest BCUT2D eigenvalue weighted by molar-refractivity contribution is 6.30. The van der Waals surface area contributed by atoms with Crippen LogP contribution in [0.5, 0.6) is 5.75 Å². The summed E-state index contributed by atoms with van der Waals surface area (Å²) in [5, 5.41) is 13.5. The van der Waals surface area contributed by atoms with Crippen LogP contribution in [0.4, 0.5) is 15.8 Å². The van der Waals surface area contributed by atoms with Gasteiger partial charge in [-0.2, -0.15) is 0 Å². The molecule has 0 atom stereocenters. The van der Waals surface area contributed by atoms with Crippen LogP contribution in [0.3, 0.4) is 0 Å². The minimum absolute atomic E-state index is 0.0821. The summed E-state index contributed by atoms with van der Waals surface area (Å²) >= 11 is 6.18. The molecule has 1 aliphatic rings. The van der Waals surface area contributed by atoms with Gasteiger partial charge in [-0.15, -0.1) is 0 Å². The predicted octanol–water partition coefficient (Wildman–Crippen LogP) is 5.21. The maximum atomic E-state index is 13.9. The number of anilines is 2. The van der Waals surface area contributed by atoms with Crippen molar-refractivity contribution < 1.29 is 23.8 Å². The molecule has 33 heavy (non-hydrogen) atoms. The zero-order valence-corrected chi connectivity index (χ0v) is 18.6. The number of rotatable bonds is 8.